The van der Waals surface area contributed by atoms with Crippen molar-refractivity contribution in [1.82, 2.24) is 0 Å². The lowest BCUT2D eigenvalue weighted by Gasteiger charge is -2.10. The highest BCUT2D eigenvalue weighted by molar-refractivity contribution is 9.10. The summed E-state index contributed by atoms with van der Waals surface area (Å²) in [6, 6.07) is 7.90. The third-order valence-corrected chi connectivity index (χ3v) is 4.46. The Labute approximate surface area is 129 Å². The quantitative estimate of drug-likeness (QED) is 0.635. The standard InChI is InChI=1S/C13H11BrF2N2O2S/c14-10-5-13(12(16)6-11(10)15)18-21(19,20)7-8-1-3-9(17)4-2-8/h1-6,18H,7,17H2. The first-order valence-electron chi connectivity index (χ1n) is 5.76. The number of halogens is 3. The molecule has 0 heterocycles. The lowest BCUT2D eigenvalue weighted by Crippen LogP contribution is -2.16. The van der Waals surface area contributed by atoms with Crippen LogP contribution < -0.4 is 10.5 Å². The van der Waals surface area contributed by atoms with Gasteiger partial charge in [0, 0.05) is 11.8 Å². The Morgan fingerprint density at radius 3 is 2.33 bits per heavy atom. The summed E-state index contributed by atoms with van der Waals surface area (Å²) in [5, 5.41) is 0. The zero-order valence-electron chi connectivity index (χ0n) is 10.6. The van der Waals surface area contributed by atoms with E-state index in [0.717, 1.165) is 6.07 Å². The van der Waals surface area contributed by atoms with Crippen LogP contribution >= 0.6 is 15.9 Å². The monoisotopic (exact) mass is 376 g/mol. The normalized spacial score (nSPS) is 11.4. The Morgan fingerprint density at radius 2 is 1.71 bits per heavy atom. The average molecular weight is 377 g/mol. The van der Waals surface area contributed by atoms with Gasteiger partial charge in [0.1, 0.15) is 11.6 Å². The summed E-state index contributed by atoms with van der Waals surface area (Å²) in [6.07, 6.45) is 0. The van der Waals surface area contributed by atoms with E-state index in [1.807, 2.05) is 0 Å². The van der Waals surface area contributed by atoms with E-state index in [2.05, 4.69) is 20.7 Å². The summed E-state index contributed by atoms with van der Waals surface area (Å²) < 4.78 is 52.7. The van der Waals surface area contributed by atoms with Crippen LogP contribution in [0.1, 0.15) is 5.56 Å². The summed E-state index contributed by atoms with van der Waals surface area (Å²) in [7, 11) is -3.83. The Balaban J connectivity index is 2.21. The van der Waals surface area contributed by atoms with Gasteiger partial charge in [0.25, 0.3) is 0 Å². The second-order valence-electron chi connectivity index (χ2n) is 4.35. The van der Waals surface area contributed by atoms with Gasteiger partial charge in [-0.05, 0) is 39.7 Å². The second-order valence-corrected chi connectivity index (χ2v) is 6.93. The summed E-state index contributed by atoms with van der Waals surface area (Å²) in [5.74, 6) is -2.15. The number of nitrogens with one attached hydrogen (secondary N) is 1. The zero-order chi connectivity index (χ0) is 15.6. The third kappa shape index (κ3) is 4.15. The summed E-state index contributed by atoms with van der Waals surface area (Å²) in [4.78, 5) is 0. The number of anilines is 2. The Morgan fingerprint density at radius 1 is 1.10 bits per heavy atom. The van der Waals surface area contributed by atoms with Gasteiger partial charge in [-0.1, -0.05) is 12.1 Å². The van der Waals surface area contributed by atoms with Gasteiger partial charge < -0.3 is 5.73 Å². The molecule has 21 heavy (non-hydrogen) atoms. The number of nitrogen functional groups attached to an aromatic ring is 1. The Hall–Kier alpha value is -1.67. The van der Waals surface area contributed by atoms with Gasteiger partial charge in [0.05, 0.1) is 15.9 Å². The van der Waals surface area contributed by atoms with Crippen LogP contribution in [0.15, 0.2) is 40.9 Å². The van der Waals surface area contributed by atoms with E-state index in [9.17, 15) is 17.2 Å². The number of rotatable bonds is 4. The lowest BCUT2D eigenvalue weighted by molar-refractivity contribution is 0.579. The van der Waals surface area contributed by atoms with Gasteiger partial charge in [0.15, 0.2) is 0 Å². The molecule has 0 bridgehead atoms. The molecule has 2 rings (SSSR count). The molecule has 0 aromatic heterocycles. The van der Waals surface area contributed by atoms with Gasteiger partial charge in [-0.3, -0.25) is 4.72 Å². The van der Waals surface area contributed by atoms with Crippen molar-refractivity contribution in [2.75, 3.05) is 10.5 Å². The van der Waals surface area contributed by atoms with Crippen molar-refractivity contribution < 1.29 is 17.2 Å². The van der Waals surface area contributed by atoms with Crippen LogP contribution in [-0.2, 0) is 15.8 Å². The SMILES string of the molecule is Nc1ccc(CS(=O)(=O)Nc2cc(Br)c(F)cc2F)cc1. The molecular formula is C13H11BrF2N2O2S. The maximum absolute atomic E-state index is 13.5. The molecule has 0 aliphatic heterocycles. The van der Waals surface area contributed by atoms with Crippen molar-refractivity contribution in [2.45, 2.75) is 5.75 Å². The molecule has 4 nitrogen and oxygen atoms in total. The summed E-state index contributed by atoms with van der Waals surface area (Å²) >= 11 is 2.87. The van der Waals surface area contributed by atoms with Crippen molar-refractivity contribution in [3.8, 4) is 0 Å². The molecule has 0 atom stereocenters. The maximum atomic E-state index is 13.5. The molecule has 0 saturated carbocycles. The van der Waals surface area contributed by atoms with Gasteiger partial charge in [-0.25, -0.2) is 17.2 Å². The Bertz CT molecular complexity index is 764. The van der Waals surface area contributed by atoms with Gasteiger partial charge in [0.2, 0.25) is 10.0 Å². The molecule has 0 saturated heterocycles. The third-order valence-electron chi connectivity index (χ3n) is 2.61. The minimum atomic E-state index is -3.83. The van der Waals surface area contributed by atoms with Crippen molar-refractivity contribution in [2.24, 2.45) is 0 Å². The van der Waals surface area contributed by atoms with Crippen molar-refractivity contribution in [3.63, 3.8) is 0 Å². The number of nitrogens with two attached hydrogens (primary N) is 1. The zero-order valence-corrected chi connectivity index (χ0v) is 13.0. The molecule has 2 aromatic rings. The summed E-state index contributed by atoms with van der Waals surface area (Å²) in [6.45, 7) is 0. The largest absolute Gasteiger partial charge is 0.399 e. The fourth-order valence-electron chi connectivity index (χ4n) is 1.64. The number of sulfonamides is 1. The van der Waals surface area contributed by atoms with E-state index in [0.29, 0.717) is 17.3 Å². The minimum absolute atomic E-state index is 0.0333. The van der Waals surface area contributed by atoms with Crippen LogP contribution in [0.2, 0.25) is 0 Å². The topological polar surface area (TPSA) is 72.2 Å². The van der Waals surface area contributed by atoms with Gasteiger partial charge >= 0.3 is 0 Å². The highest BCUT2D eigenvalue weighted by Gasteiger charge is 2.16. The number of hydrogen-bond acceptors (Lipinski definition) is 3. The van der Waals surface area contributed by atoms with Gasteiger partial charge in [-0.2, -0.15) is 0 Å². The molecule has 3 N–H and O–H groups in total. The van der Waals surface area contributed by atoms with E-state index in [1.165, 1.54) is 0 Å². The summed E-state index contributed by atoms with van der Waals surface area (Å²) in [5.41, 5.74) is 6.20. The molecule has 0 spiro atoms. The average Bonchev–Trinajstić information content (AvgIpc) is 2.38. The van der Waals surface area contributed by atoms with Crippen LogP contribution in [0.4, 0.5) is 20.2 Å². The number of hydrogen-bond donors (Lipinski definition) is 2. The smallest absolute Gasteiger partial charge is 0.237 e. The molecule has 0 radical (unpaired) electrons. The van der Waals surface area contributed by atoms with Gasteiger partial charge in [-0.15, -0.1) is 0 Å². The predicted molar refractivity (Wildman–Crippen MR) is 81.2 cm³/mol. The van der Waals surface area contributed by atoms with Crippen LogP contribution in [0.25, 0.3) is 0 Å². The molecule has 2 aromatic carbocycles. The molecule has 0 aliphatic rings. The molecule has 8 heteroatoms. The molecule has 112 valence electrons. The fraction of sp³-hybridized carbons (Fsp3) is 0.0769. The van der Waals surface area contributed by atoms with Crippen LogP contribution in [0, 0.1) is 11.6 Å². The molecule has 0 aliphatic carbocycles. The number of benzene rings is 2. The van der Waals surface area contributed by atoms with Crippen LogP contribution in [-0.4, -0.2) is 8.42 Å². The molecular weight excluding hydrogens is 366 g/mol. The molecule has 0 fully saturated rings. The van der Waals surface area contributed by atoms with Crippen LogP contribution in [0.3, 0.4) is 0 Å². The van der Waals surface area contributed by atoms with Crippen molar-refractivity contribution >= 4 is 37.3 Å². The highest BCUT2D eigenvalue weighted by atomic mass is 79.9. The predicted octanol–water partition coefficient (Wildman–Crippen LogP) is 3.25. The Kier molecular flexibility index (Phi) is 4.48. The van der Waals surface area contributed by atoms with E-state index >= 15 is 0 Å². The fourth-order valence-corrected chi connectivity index (χ4v) is 3.18. The van der Waals surface area contributed by atoms with Crippen molar-refractivity contribution in [3.05, 3.63) is 58.1 Å². The lowest BCUT2D eigenvalue weighted by atomic mass is 10.2. The molecule has 0 amide bonds. The van der Waals surface area contributed by atoms with E-state index in [1.54, 1.807) is 24.3 Å². The van der Waals surface area contributed by atoms with Crippen LogP contribution in [0.5, 0.6) is 0 Å². The first kappa shape index (κ1) is 15.7. The first-order chi connectivity index (χ1) is 9.77. The van der Waals surface area contributed by atoms with Crippen molar-refractivity contribution in [1.29, 1.82) is 0 Å². The van der Waals surface area contributed by atoms with E-state index in [-0.39, 0.29) is 15.9 Å². The maximum Gasteiger partial charge on any atom is 0.237 e. The highest BCUT2D eigenvalue weighted by Crippen LogP contribution is 2.25. The molecule has 0 unspecified atom stereocenters. The minimum Gasteiger partial charge on any atom is -0.399 e. The van der Waals surface area contributed by atoms with E-state index in [4.69, 9.17) is 5.73 Å². The van der Waals surface area contributed by atoms with E-state index < -0.39 is 21.7 Å². The second kappa shape index (κ2) is 5.98. The first-order valence-corrected chi connectivity index (χ1v) is 8.21.